The number of Topliss-reactive ketones (excluding diaryl/α,β-unsaturated/α-hetero) is 1. The first-order chi connectivity index (χ1) is 15.7. The van der Waals surface area contributed by atoms with Crippen molar-refractivity contribution < 1.29 is 24.5 Å². The molecule has 3 N–H and O–H groups in total. The van der Waals surface area contributed by atoms with Crippen molar-refractivity contribution >= 4 is 17.7 Å². The molecule has 170 valence electrons. The SMILES string of the molecule is Cc1ccc(CC(=O)C2(c3ccc4c(c3)OC(F)(F)O4)CC2)nc1-c1ccc(N)c(C=N)c1.[HH]. The Balaban J connectivity index is 0.00000274. The second-order valence-electron chi connectivity index (χ2n) is 8.47. The molecule has 0 radical (unpaired) electrons. The number of hydrogen-bond acceptors (Lipinski definition) is 6. The van der Waals surface area contributed by atoms with Gasteiger partial charge in [0.25, 0.3) is 0 Å². The molecular formula is C25H23F2N3O3. The number of carbonyl (C=O) groups excluding carboxylic acids is 1. The Morgan fingerprint density at radius 1 is 1.15 bits per heavy atom. The van der Waals surface area contributed by atoms with Crippen LogP contribution < -0.4 is 15.2 Å². The monoisotopic (exact) mass is 451 g/mol. The average molecular weight is 451 g/mol. The van der Waals surface area contributed by atoms with Crippen molar-refractivity contribution in [2.24, 2.45) is 0 Å². The summed E-state index contributed by atoms with van der Waals surface area (Å²) in [6.07, 6.45) is -1.10. The third-order valence-electron chi connectivity index (χ3n) is 6.25. The molecule has 2 aromatic carbocycles. The summed E-state index contributed by atoms with van der Waals surface area (Å²) >= 11 is 0. The quantitative estimate of drug-likeness (QED) is 0.404. The molecule has 0 saturated heterocycles. The summed E-state index contributed by atoms with van der Waals surface area (Å²) < 4.78 is 35.7. The van der Waals surface area contributed by atoms with Crippen LogP contribution in [0.15, 0.2) is 48.5 Å². The molecular weight excluding hydrogens is 428 g/mol. The average Bonchev–Trinajstić information content (AvgIpc) is 3.52. The van der Waals surface area contributed by atoms with Crippen molar-refractivity contribution in [3.05, 3.63) is 70.9 Å². The standard InChI is InChI=1S/C25H21F2N3O3.H2/c1-14-2-5-18(30-23(14)15-3-6-19(29)16(10-15)13-28)12-22(31)24(8-9-24)17-4-7-20-21(11-17)33-25(26,27)32-20;/h2-7,10-11,13,28H,8-9,12,29H2,1H3;1H. The molecule has 0 amide bonds. The van der Waals surface area contributed by atoms with E-state index in [4.69, 9.17) is 16.1 Å². The number of nitrogens with two attached hydrogens (primary N) is 1. The summed E-state index contributed by atoms with van der Waals surface area (Å²) in [6.45, 7) is 1.93. The Kier molecular flexibility index (Phi) is 4.70. The Labute approximate surface area is 190 Å². The fourth-order valence-corrected chi connectivity index (χ4v) is 4.24. The maximum Gasteiger partial charge on any atom is 0.586 e. The predicted octanol–water partition coefficient (Wildman–Crippen LogP) is 5.05. The summed E-state index contributed by atoms with van der Waals surface area (Å²) in [4.78, 5) is 18.0. The van der Waals surface area contributed by atoms with E-state index in [1.165, 1.54) is 18.3 Å². The van der Waals surface area contributed by atoms with Gasteiger partial charge in [-0.05, 0) is 61.2 Å². The Bertz CT molecular complexity index is 1310. The molecule has 8 heteroatoms. The van der Waals surface area contributed by atoms with Crippen LogP contribution in [0.2, 0.25) is 0 Å². The van der Waals surface area contributed by atoms with Crippen LogP contribution in [0.3, 0.4) is 0 Å². The maximum absolute atomic E-state index is 13.4. The van der Waals surface area contributed by atoms with Crippen LogP contribution in [0.25, 0.3) is 11.3 Å². The number of ketones is 1. The molecule has 2 heterocycles. The van der Waals surface area contributed by atoms with Gasteiger partial charge in [-0.2, -0.15) is 0 Å². The molecule has 1 fully saturated rings. The van der Waals surface area contributed by atoms with Crippen molar-refractivity contribution in [1.82, 2.24) is 4.98 Å². The molecule has 6 nitrogen and oxygen atoms in total. The fraction of sp³-hybridized carbons (Fsp3) is 0.240. The number of ether oxygens (including phenoxy) is 2. The number of nitrogens with zero attached hydrogens (tertiary/aromatic N) is 1. The number of fused-ring (bicyclic) bond motifs is 1. The summed E-state index contributed by atoms with van der Waals surface area (Å²) in [6, 6.07) is 13.6. The lowest BCUT2D eigenvalue weighted by molar-refractivity contribution is -0.286. The lowest BCUT2D eigenvalue weighted by atomic mass is 9.88. The molecule has 1 aromatic heterocycles. The van der Waals surface area contributed by atoms with Gasteiger partial charge in [0.05, 0.1) is 11.1 Å². The smallest absolute Gasteiger partial charge is 0.398 e. The van der Waals surface area contributed by atoms with Crippen LogP contribution >= 0.6 is 0 Å². The number of pyridine rings is 1. The van der Waals surface area contributed by atoms with E-state index in [-0.39, 0.29) is 25.1 Å². The number of nitrogen functional groups attached to an aromatic ring is 1. The predicted molar refractivity (Wildman–Crippen MR) is 121 cm³/mol. The number of aromatic nitrogens is 1. The van der Waals surface area contributed by atoms with E-state index >= 15 is 0 Å². The first-order valence-corrected chi connectivity index (χ1v) is 10.5. The molecule has 33 heavy (non-hydrogen) atoms. The van der Waals surface area contributed by atoms with E-state index in [0.717, 1.165) is 16.8 Å². The Morgan fingerprint density at radius 2 is 1.91 bits per heavy atom. The topological polar surface area (TPSA) is 98.3 Å². The molecule has 1 saturated carbocycles. The zero-order valence-corrected chi connectivity index (χ0v) is 17.8. The number of aryl methyl sites for hydroxylation is 1. The van der Waals surface area contributed by atoms with Crippen molar-refractivity contribution in [2.75, 3.05) is 5.73 Å². The van der Waals surface area contributed by atoms with E-state index in [2.05, 4.69) is 9.47 Å². The summed E-state index contributed by atoms with van der Waals surface area (Å²) in [5.41, 5.74) is 10.0. The second-order valence-corrected chi connectivity index (χ2v) is 8.47. The van der Waals surface area contributed by atoms with Crippen molar-refractivity contribution in [3.63, 3.8) is 0 Å². The number of anilines is 1. The molecule has 2 aliphatic rings. The first kappa shape index (κ1) is 21.1. The number of nitrogens with one attached hydrogen (secondary N) is 1. The molecule has 1 aliphatic carbocycles. The number of halogens is 2. The van der Waals surface area contributed by atoms with Crippen LogP contribution in [0.4, 0.5) is 14.5 Å². The number of benzene rings is 2. The maximum atomic E-state index is 13.4. The van der Waals surface area contributed by atoms with Crippen LogP contribution in [-0.2, 0) is 16.6 Å². The zero-order valence-electron chi connectivity index (χ0n) is 17.8. The minimum Gasteiger partial charge on any atom is -0.398 e. The number of hydrogen-bond donors (Lipinski definition) is 2. The molecule has 1 aliphatic heterocycles. The largest absolute Gasteiger partial charge is 0.586 e. The fourth-order valence-electron chi connectivity index (χ4n) is 4.24. The van der Waals surface area contributed by atoms with E-state index < -0.39 is 11.7 Å². The van der Waals surface area contributed by atoms with E-state index in [9.17, 15) is 13.6 Å². The van der Waals surface area contributed by atoms with Gasteiger partial charge < -0.3 is 20.6 Å². The first-order valence-electron chi connectivity index (χ1n) is 10.5. The number of rotatable bonds is 6. The minimum atomic E-state index is -3.69. The molecule has 0 unspecified atom stereocenters. The van der Waals surface area contributed by atoms with Crippen LogP contribution in [0, 0.1) is 12.3 Å². The van der Waals surface area contributed by atoms with Crippen molar-refractivity contribution in [1.29, 1.82) is 5.41 Å². The molecule has 3 aromatic rings. The van der Waals surface area contributed by atoms with Crippen LogP contribution in [0.1, 0.15) is 36.7 Å². The molecule has 5 rings (SSSR count). The highest BCUT2D eigenvalue weighted by Gasteiger charge is 2.52. The Morgan fingerprint density at radius 3 is 2.64 bits per heavy atom. The lowest BCUT2D eigenvalue weighted by Crippen LogP contribution is -2.26. The highest BCUT2D eigenvalue weighted by atomic mass is 19.3. The second kappa shape index (κ2) is 7.37. The van der Waals surface area contributed by atoms with Gasteiger partial charge in [-0.3, -0.25) is 9.78 Å². The highest BCUT2D eigenvalue weighted by Crippen LogP contribution is 2.52. The van der Waals surface area contributed by atoms with Gasteiger partial charge >= 0.3 is 6.29 Å². The van der Waals surface area contributed by atoms with Crippen LogP contribution in [-0.4, -0.2) is 23.3 Å². The summed E-state index contributed by atoms with van der Waals surface area (Å²) in [7, 11) is 0. The van der Waals surface area contributed by atoms with Gasteiger partial charge in [0.15, 0.2) is 11.5 Å². The van der Waals surface area contributed by atoms with Crippen molar-refractivity contribution in [2.45, 2.75) is 37.9 Å². The molecule has 0 bridgehead atoms. The van der Waals surface area contributed by atoms with Gasteiger partial charge in [0.1, 0.15) is 5.78 Å². The van der Waals surface area contributed by atoms with E-state index in [1.807, 2.05) is 25.1 Å². The number of carbonyl (C=O) groups is 1. The number of alkyl halides is 2. The van der Waals surface area contributed by atoms with E-state index in [1.54, 1.807) is 18.2 Å². The Hall–Kier alpha value is -3.81. The van der Waals surface area contributed by atoms with E-state index in [0.29, 0.717) is 35.3 Å². The molecule has 0 spiro atoms. The van der Waals surface area contributed by atoms with Gasteiger partial charge in [-0.1, -0.05) is 18.2 Å². The third kappa shape index (κ3) is 3.71. The van der Waals surface area contributed by atoms with Gasteiger partial charge in [0, 0.05) is 36.6 Å². The van der Waals surface area contributed by atoms with Crippen LogP contribution in [0.5, 0.6) is 11.5 Å². The third-order valence-corrected chi connectivity index (χ3v) is 6.25. The summed E-state index contributed by atoms with van der Waals surface area (Å²) in [5, 5.41) is 7.53. The highest BCUT2D eigenvalue weighted by molar-refractivity contribution is 5.94. The summed E-state index contributed by atoms with van der Waals surface area (Å²) in [5.74, 6) is -0.116. The normalized spacial score (nSPS) is 16.9. The molecule has 0 atom stereocenters. The van der Waals surface area contributed by atoms with Crippen molar-refractivity contribution in [3.8, 4) is 22.8 Å². The van der Waals surface area contributed by atoms with Gasteiger partial charge in [-0.25, -0.2) is 0 Å². The van der Waals surface area contributed by atoms with Gasteiger partial charge in [-0.15, -0.1) is 8.78 Å². The lowest BCUT2D eigenvalue weighted by Gasteiger charge is -2.16. The zero-order chi connectivity index (χ0) is 23.4. The van der Waals surface area contributed by atoms with Gasteiger partial charge in [0.2, 0.25) is 0 Å². The minimum absolute atomic E-state index is 0.